The Kier molecular flexibility index (Phi) is 8.18. The fourth-order valence-corrected chi connectivity index (χ4v) is 4.25. The van der Waals surface area contributed by atoms with E-state index in [0.717, 1.165) is 18.4 Å². The number of carbonyl (C=O) groups excluding carboxylic acids is 2. The molecule has 1 saturated heterocycles. The molecule has 7 nitrogen and oxygen atoms in total. The van der Waals surface area contributed by atoms with Crippen molar-refractivity contribution in [2.75, 3.05) is 13.2 Å². The number of rotatable bonds is 10. The molecule has 37 heavy (non-hydrogen) atoms. The lowest BCUT2D eigenvalue weighted by atomic mass is 9.95. The van der Waals surface area contributed by atoms with Crippen molar-refractivity contribution < 1.29 is 28.6 Å². The van der Waals surface area contributed by atoms with Crippen LogP contribution in [-0.2, 0) is 16.1 Å². The van der Waals surface area contributed by atoms with Crippen molar-refractivity contribution in [1.82, 2.24) is 9.88 Å². The van der Waals surface area contributed by atoms with Gasteiger partial charge in [-0.1, -0.05) is 25.5 Å². The van der Waals surface area contributed by atoms with E-state index in [1.807, 2.05) is 6.92 Å². The molecule has 8 heteroatoms. The fourth-order valence-electron chi connectivity index (χ4n) is 4.25. The van der Waals surface area contributed by atoms with Crippen LogP contribution in [0.1, 0.15) is 49.4 Å². The molecule has 2 heterocycles. The number of hydrogen-bond donors (Lipinski definition) is 1. The number of halogens is 1. The zero-order chi connectivity index (χ0) is 26.4. The third kappa shape index (κ3) is 5.63. The second-order valence-corrected chi connectivity index (χ2v) is 8.64. The van der Waals surface area contributed by atoms with Gasteiger partial charge in [-0.15, -0.1) is 0 Å². The maximum atomic E-state index is 13.5. The average Bonchev–Trinajstić information content (AvgIpc) is 3.15. The summed E-state index contributed by atoms with van der Waals surface area (Å²) < 4.78 is 25.2. The number of likely N-dealkylation sites (tertiary alicyclic amines) is 1. The molecule has 1 amide bonds. The molecule has 1 N–H and O–H groups in total. The van der Waals surface area contributed by atoms with Crippen LogP contribution in [0.25, 0.3) is 5.76 Å². The van der Waals surface area contributed by atoms with Crippen molar-refractivity contribution in [3.63, 3.8) is 0 Å². The van der Waals surface area contributed by atoms with Gasteiger partial charge in [0.25, 0.3) is 11.7 Å². The summed E-state index contributed by atoms with van der Waals surface area (Å²) in [7, 11) is 0. The van der Waals surface area contributed by atoms with Crippen LogP contribution in [0.5, 0.6) is 11.5 Å². The van der Waals surface area contributed by atoms with E-state index in [1.54, 1.807) is 42.7 Å². The minimum Gasteiger partial charge on any atom is -0.507 e. The zero-order valence-electron chi connectivity index (χ0n) is 20.8. The van der Waals surface area contributed by atoms with Gasteiger partial charge >= 0.3 is 0 Å². The monoisotopic (exact) mass is 504 g/mol. The highest BCUT2D eigenvalue weighted by Crippen LogP contribution is 2.42. The van der Waals surface area contributed by atoms with E-state index in [1.165, 1.54) is 29.2 Å². The number of aliphatic hydroxyl groups excluding tert-OH is 1. The summed E-state index contributed by atoms with van der Waals surface area (Å²) in [5.74, 6) is -1.40. The lowest BCUT2D eigenvalue weighted by Gasteiger charge is -2.26. The Bertz CT molecular complexity index is 1290. The quantitative estimate of drug-likeness (QED) is 0.172. The van der Waals surface area contributed by atoms with Crippen molar-refractivity contribution in [2.45, 2.75) is 39.3 Å². The van der Waals surface area contributed by atoms with Crippen molar-refractivity contribution in [3.05, 3.63) is 95.1 Å². The van der Waals surface area contributed by atoms with Gasteiger partial charge in [-0.25, -0.2) is 4.39 Å². The fraction of sp³-hybridized carbons (Fsp3) is 0.276. The van der Waals surface area contributed by atoms with Gasteiger partial charge in [0, 0.05) is 24.5 Å². The highest BCUT2D eigenvalue weighted by atomic mass is 19.1. The third-order valence-electron chi connectivity index (χ3n) is 6.07. The van der Waals surface area contributed by atoms with Crippen LogP contribution in [0.4, 0.5) is 4.39 Å². The lowest BCUT2D eigenvalue weighted by Crippen LogP contribution is -2.29. The van der Waals surface area contributed by atoms with Gasteiger partial charge in [-0.2, -0.15) is 0 Å². The zero-order valence-corrected chi connectivity index (χ0v) is 20.8. The first-order valence-corrected chi connectivity index (χ1v) is 12.3. The molecule has 3 aromatic rings. The van der Waals surface area contributed by atoms with Crippen LogP contribution in [-0.4, -0.2) is 39.9 Å². The molecular formula is C29H29FN2O5. The maximum absolute atomic E-state index is 13.5. The van der Waals surface area contributed by atoms with Crippen molar-refractivity contribution >= 4 is 17.4 Å². The SMILES string of the molecule is CCCCOc1ccc(C2/C(=C(\O)c3ccc(F)cc3)C(=O)C(=O)N2Cc2cccnc2)cc1OCC. The van der Waals surface area contributed by atoms with Crippen LogP contribution < -0.4 is 9.47 Å². The molecule has 4 rings (SSSR count). The Hall–Kier alpha value is -4.20. The largest absolute Gasteiger partial charge is 0.507 e. The number of ketones is 1. The number of unbranched alkanes of at least 4 members (excludes halogenated alkanes) is 1. The maximum Gasteiger partial charge on any atom is 0.295 e. The molecule has 1 aliphatic heterocycles. The molecule has 1 fully saturated rings. The molecule has 1 atom stereocenters. The summed E-state index contributed by atoms with van der Waals surface area (Å²) in [4.78, 5) is 32.0. The number of ether oxygens (including phenoxy) is 2. The highest BCUT2D eigenvalue weighted by molar-refractivity contribution is 6.46. The first kappa shape index (κ1) is 25.9. The third-order valence-corrected chi connectivity index (χ3v) is 6.07. The summed E-state index contributed by atoms with van der Waals surface area (Å²) in [6, 6.07) is 13.0. The molecule has 0 bridgehead atoms. The summed E-state index contributed by atoms with van der Waals surface area (Å²) in [5.41, 5.74) is 1.44. The van der Waals surface area contributed by atoms with Crippen LogP contribution in [0.3, 0.4) is 0 Å². The molecule has 2 aromatic carbocycles. The Morgan fingerprint density at radius 2 is 1.84 bits per heavy atom. The second-order valence-electron chi connectivity index (χ2n) is 8.64. The van der Waals surface area contributed by atoms with Gasteiger partial charge in [0.15, 0.2) is 11.5 Å². The average molecular weight is 505 g/mol. The Labute approximate surface area is 215 Å². The number of aliphatic hydroxyl groups is 1. The van der Waals surface area contributed by atoms with Gasteiger partial charge in [-0.05, 0) is 66.9 Å². The molecule has 1 aromatic heterocycles. The normalized spacial score (nSPS) is 16.7. The highest BCUT2D eigenvalue weighted by Gasteiger charge is 2.46. The van der Waals surface area contributed by atoms with Gasteiger partial charge in [-0.3, -0.25) is 14.6 Å². The van der Waals surface area contributed by atoms with Crippen molar-refractivity contribution in [3.8, 4) is 11.5 Å². The smallest absolute Gasteiger partial charge is 0.295 e. The number of Topliss-reactive ketones (excluding diaryl/α,β-unsaturated/α-hetero) is 1. The number of benzene rings is 2. The predicted octanol–water partition coefficient (Wildman–Crippen LogP) is 5.42. The summed E-state index contributed by atoms with van der Waals surface area (Å²) in [6.45, 7) is 4.94. The topological polar surface area (TPSA) is 89.0 Å². The molecule has 1 aliphatic rings. The molecule has 0 aliphatic carbocycles. The van der Waals surface area contributed by atoms with Gasteiger partial charge < -0.3 is 19.5 Å². The van der Waals surface area contributed by atoms with E-state index in [0.29, 0.717) is 30.3 Å². The second kappa shape index (κ2) is 11.7. The molecule has 0 spiro atoms. The van der Waals surface area contributed by atoms with Crippen LogP contribution in [0.15, 0.2) is 72.6 Å². The Morgan fingerprint density at radius 3 is 2.51 bits per heavy atom. The number of aromatic nitrogens is 1. The van der Waals surface area contributed by atoms with Gasteiger partial charge in [0.05, 0.1) is 24.8 Å². The number of carbonyl (C=O) groups is 2. The number of amides is 1. The predicted molar refractivity (Wildman–Crippen MR) is 136 cm³/mol. The van der Waals surface area contributed by atoms with Crippen LogP contribution in [0, 0.1) is 5.82 Å². The molecule has 0 radical (unpaired) electrons. The van der Waals surface area contributed by atoms with E-state index < -0.39 is 23.5 Å². The minimum absolute atomic E-state index is 0.0809. The first-order valence-electron chi connectivity index (χ1n) is 12.3. The number of hydrogen-bond acceptors (Lipinski definition) is 6. The van der Waals surface area contributed by atoms with E-state index in [4.69, 9.17) is 9.47 Å². The van der Waals surface area contributed by atoms with E-state index in [2.05, 4.69) is 11.9 Å². The molecule has 0 saturated carbocycles. The lowest BCUT2D eigenvalue weighted by molar-refractivity contribution is -0.140. The first-order chi connectivity index (χ1) is 17.9. The van der Waals surface area contributed by atoms with Crippen molar-refractivity contribution in [2.24, 2.45) is 0 Å². The van der Waals surface area contributed by atoms with Crippen LogP contribution in [0.2, 0.25) is 0 Å². The molecule has 192 valence electrons. The van der Waals surface area contributed by atoms with Crippen molar-refractivity contribution in [1.29, 1.82) is 0 Å². The summed E-state index contributed by atoms with van der Waals surface area (Å²) >= 11 is 0. The Morgan fingerprint density at radius 1 is 1.05 bits per heavy atom. The minimum atomic E-state index is -0.908. The summed E-state index contributed by atoms with van der Waals surface area (Å²) in [6.07, 6.45) is 5.10. The molecule has 1 unspecified atom stereocenters. The number of nitrogens with zero attached hydrogens (tertiary/aromatic N) is 2. The summed E-state index contributed by atoms with van der Waals surface area (Å²) in [5, 5.41) is 11.2. The van der Waals surface area contributed by atoms with Gasteiger partial charge in [0.2, 0.25) is 0 Å². The van der Waals surface area contributed by atoms with E-state index >= 15 is 0 Å². The van der Waals surface area contributed by atoms with E-state index in [-0.39, 0.29) is 23.4 Å². The van der Waals surface area contributed by atoms with Gasteiger partial charge in [0.1, 0.15) is 11.6 Å². The van der Waals surface area contributed by atoms with Crippen LogP contribution >= 0.6 is 0 Å². The number of pyridine rings is 1. The van der Waals surface area contributed by atoms with E-state index in [9.17, 15) is 19.1 Å². The standard InChI is InChI=1S/C29H29FN2O5/c1-3-5-15-37-23-13-10-21(16-24(23)36-4-2)26-25(27(33)20-8-11-22(30)12-9-20)28(34)29(35)32(26)18-19-7-6-14-31-17-19/h6-14,16-17,26,33H,3-5,15,18H2,1-2H3/b27-25+. The molecular weight excluding hydrogens is 475 g/mol. The Balaban J connectivity index is 1.83.